The second-order valence-corrected chi connectivity index (χ2v) is 4.54. The largest absolute Gasteiger partial charge is 0.310 e. The second-order valence-electron chi connectivity index (χ2n) is 4.15. The maximum atomic E-state index is 5.75. The average Bonchev–Trinajstić information content (AvgIpc) is 2.29. The Morgan fingerprint density at radius 1 is 1.31 bits per heavy atom. The minimum atomic E-state index is 0.353. The van der Waals surface area contributed by atoms with Crippen LogP contribution in [0.3, 0.4) is 0 Å². The summed E-state index contributed by atoms with van der Waals surface area (Å²) in [7, 11) is 0. The summed E-state index contributed by atoms with van der Waals surface area (Å²) in [5.41, 5.74) is 1.19. The van der Waals surface area contributed by atoms with Gasteiger partial charge in [0, 0.05) is 12.2 Å². The molecular formula is C13H21ClN2. The topological polar surface area (TPSA) is 24.9 Å². The van der Waals surface area contributed by atoms with Gasteiger partial charge in [-0.05, 0) is 31.5 Å². The molecule has 1 unspecified atom stereocenters. The molecule has 1 N–H and O–H groups in total. The van der Waals surface area contributed by atoms with Crippen molar-refractivity contribution in [3.63, 3.8) is 0 Å². The van der Waals surface area contributed by atoms with Gasteiger partial charge >= 0.3 is 0 Å². The van der Waals surface area contributed by atoms with E-state index in [1.54, 1.807) is 0 Å². The Hall–Kier alpha value is -0.600. The van der Waals surface area contributed by atoms with Gasteiger partial charge in [-0.15, -0.1) is 0 Å². The molecule has 2 nitrogen and oxygen atoms in total. The third kappa shape index (κ3) is 4.95. The summed E-state index contributed by atoms with van der Waals surface area (Å²) in [5.74, 6) is 0. The summed E-state index contributed by atoms with van der Waals surface area (Å²) in [6, 6.07) is 4.22. The number of nitrogens with one attached hydrogen (secondary N) is 1. The summed E-state index contributed by atoms with van der Waals surface area (Å²) in [5, 5.41) is 4.05. The molecule has 0 bridgehead atoms. The van der Waals surface area contributed by atoms with Crippen molar-refractivity contribution < 1.29 is 0 Å². The van der Waals surface area contributed by atoms with Crippen molar-refractivity contribution in [3.05, 3.63) is 29.0 Å². The fourth-order valence-corrected chi connectivity index (χ4v) is 1.74. The third-order valence-electron chi connectivity index (χ3n) is 2.73. The highest BCUT2D eigenvalue weighted by molar-refractivity contribution is 6.29. The average molecular weight is 241 g/mol. The summed E-state index contributed by atoms with van der Waals surface area (Å²) in [6.07, 6.45) is 7.02. The van der Waals surface area contributed by atoms with Gasteiger partial charge in [0.15, 0.2) is 0 Å². The fourth-order valence-electron chi connectivity index (χ4n) is 1.63. The molecule has 90 valence electrons. The Bertz CT molecular complexity index is 284. The van der Waals surface area contributed by atoms with E-state index in [1.807, 2.05) is 18.3 Å². The maximum Gasteiger partial charge on any atom is 0.129 e. The van der Waals surface area contributed by atoms with Gasteiger partial charge in [0.2, 0.25) is 0 Å². The molecular weight excluding hydrogens is 220 g/mol. The van der Waals surface area contributed by atoms with Crippen LogP contribution in [0.2, 0.25) is 5.15 Å². The normalized spacial score (nSPS) is 12.7. The minimum Gasteiger partial charge on any atom is -0.310 e. The molecule has 0 aliphatic heterocycles. The maximum absolute atomic E-state index is 5.75. The first kappa shape index (κ1) is 13.5. The van der Waals surface area contributed by atoms with E-state index >= 15 is 0 Å². The van der Waals surface area contributed by atoms with Crippen LogP contribution in [0.15, 0.2) is 18.3 Å². The number of aromatic nitrogens is 1. The van der Waals surface area contributed by atoms with Crippen molar-refractivity contribution in [2.45, 2.75) is 45.6 Å². The lowest BCUT2D eigenvalue weighted by Crippen LogP contribution is -2.19. The van der Waals surface area contributed by atoms with Crippen molar-refractivity contribution in [2.75, 3.05) is 6.54 Å². The van der Waals surface area contributed by atoms with Crippen molar-refractivity contribution >= 4 is 11.6 Å². The lowest BCUT2D eigenvalue weighted by molar-refractivity contribution is 0.535. The first-order chi connectivity index (χ1) is 7.74. The molecule has 0 aromatic carbocycles. The van der Waals surface area contributed by atoms with Gasteiger partial charge in [0.1, 0.15) is 5.15 Å². The van der Waals surface area contributed by atoms with Gasteiger partial charge in [0.05, 0.1) is 0 Å². The van der Waals surface area contributed by atoms with Crippen molar-refractivity contribution in [1.82, 2.24) is 10.3 Å². The Kier molecular flexibility index (Phi) is 6.43. The number of nitrogens with zero attached hydrogens (tertiary/aromatic N) is 1. The molecule has 1 aromatic heterocycles. The van der Waals surface area contributed by atoms with Crippen LogP contribution in [0.4, 0.5) is 0 Å². The molecule has 0 aliphatic rings. The van der Waals surface area contributed by atoms with E-state index in [1.165, 1.54) is 31.2 Å². The lowest BCUT2D eigenvalue weighted by Gasteiger charge is -2.13. The van der Waals surface area contributed by atoms with E-state index in [0.29, 0.717) is 11.2 Å². The monoisotopic (exact) mass is 240 g/mol. The molecule has 16 heavy (non-hydrogen) atoms. The molecule has 0 fully saturated rings. The second kappa shape index (κ2) is 7.64. The summed E-state index contributed by atoms with van der Waals surface area (Å²) < 4.78 is 0. The van der Waals surface area contributed by atoms with E-state index in [0.717, 1.165) is 6.54 Å². The number of rotatable bonds is 7. The molecule has 0 aliphatic carbocycles. The smallest absolute Gasteiger partial charge is 0.129 e. The van der Waals surface area contributed by atoms with Gasteiger partial charge < -0.3 is 5.32 Å². The van der Waals surface area contributed by atoms with Gasteiger partial charge in [0.25, 0.3) is 0 Å². The Morgan fingerprint density at radius 2 is 2.12 bits per heavy atom. The van der Waals surface area contributed by atoms with Crippen LogP contribution < -0.4 is 5.32 Å². The van der Waals surface area contributed by atoms with E-state index in [2.05, 4.69) is 24.1 Å². The van der Waals surface area contributed by atoms with Crippen LogP contribution in [0, 0.1) is 0 Å². The molecule has 0 saturated heterocycles. The Balaban J connectivity index is 2.24. The zero-order valence-corrected chi connectivity index (χ0v) is 10.9. The number of unbranched alkanes of at least 4 members (excludes halogenated alkanes) is 3. The molecule has 1 rings (SSSR count). The zero-order chi connectivity index (χ0) is 11.8. The highest BCUT2D eigenvalue weighted by Crippen LogP contribution is 2.13. The van der Waals surface area contributed by atoms with Crippen molar-refractivity contribution in [3.8, 4) is 0 Å². The van der Waals surface area contributed by atoms with E-state index in [9.17, 15) is 0 Å². The first-order valence-corrected chi connectivity index (χ1v) is 6.46. The number of hydrogen-bond acceptors (Lipinski definition) is 2. The number of pyridine rings is 1. The van der Waals surface area contributed by atoms with Crippen LogP contribution in [0.1, 0.15) is 51.1 Å². The molecule has 0 saturated carbocycles. The molecule has 3 heteroatoms. The van der Waals surface area contributed by atoms with E-state index < -0.39 is 0 Å². The number of hydrogen-bond donors (Lipinski definition) is 1. The highest BCUT2D eigenvalue weighted by atomic mass is 35.5. The van der Waals surface area contributed by atoms with Gasteiger partial charge in [-0.25, -0.2) is 4.98 Å². The van der Waals surface area contributed by atoms with Crippen LogP contribution in [-0.2, 0) is 0 Å². The quantitative estimate of drug-likeness (QED) is 0.576. The molecule has 0 radical (unpaired) electrons. The van der Waals surface area contributed by atoms with Gasteiger partial charge in [-0.3, -0.25) is 0 Å². The highest BCUT2D eigenvalue weighted by Gasteiger charge is 2.04. The van der Waals surface area contributed by atoms with Crippen LogP contribution in [0.25, 0.3) is 0 Å². The molecule has 0 spiro atoms. The lowest BCUT2D eigenvalue weighted by atomic mass is 10.1. The Morgan fingerprint density at radius 3 is 2.75 bits per heavy atom. The molecule has 1 atom stereocenters. The van der Waals surface area contributed by atoms with Gasteiger partial charge in [-0.2, -0.15) is 0 Å². The van der Waals surface area contributed by atoms with E-state index in [-0.39, 0.29) is 0 Å². The van der Waals surface area contributed by atoms with Crippen LogP contribution >= 0.6 is 11.6 Å². The van der Waals surface area contributed by atoms with Gasteiger partial charge in [-0.1, -0.05) is 43.9 Å². The zero-order valence-electron chi connectivity index (χ0n) is 10.2. The molecule has 0 amide bonds. The SMILES string of the molecule is CCCCCCNC(C)c1ccc(Cl)nc1. The molecule has 1 aromatic rings. The Labute approximate surface area is 103 Å². The number of halogens is 1. The fraction of sp³-hybridized carbons (Fsp3) is 0.615. The third-order valence-corrected chi connectivity index (χ3v) is 2.95. The summed E-state index contributed by atoms with van der Waals surface area (Å²) >= 11 is 5.75. The predicted molar refractivity (Wildman–Crippen MR) is 69.8 cm³/mol. The van der Waals surface area contributed by atoms with Crippen molar-refractivity contribution in [1.29, 1.82) is 0 Å². The predicted octanol–water partition coefficient (Wildman–Crippen LogP) is 3.97. The summed E-state index contributed by atoms with van der Waals surface area (Å²) in [6.45, 7) is 5.46. The van der Waals surface area contributed by atoms with E-state index in [4.69, 9.17) is 11.6 Å². The summed E-state index contributed by atoms with van der Waals surface area (Å²) in [4.78, 5) is 4.08. The minimum absolute atomic E-state index is 0.353. The van der Waals surface area contributed by atoms with Crippen molar-refractivity contribution in [2.24, 2.45) is 0 Å². The first-order valence-electron chi connectivity index (χ1n) is 6.09. The molecule has 1 heterocycles. The van der Waals surface area contributed by atoms with Crippen LogP contribution in [0.5, 0.6) is 0 Å². The standard InChI is InChI=1S/C13H21ClN2/c1-3-4-5-6-9-15-11(2)12-7-8-13(14)16-10-12/h7-8,10-11,15H,3-6,9H2,1-2H3. The van der Waals surface area contributed by atoms with Crippen LogP contribution in [-0.4, -0.2) is 11.5 Å².